The highest BCUT2D eigenvalue weighted by atomic mass is 79.9. The Balaban J connectivity index is 1.85. The molecule has 0 fully saturated rings. The molecule has 0 saturated carbocycles. The van der Waals surface area contributed by atoms with Crippen LogP contribution >= 0.6 is 43.2 Å². The number of hydrogen-bond donors (Lipinski definition) is 1. The number of hydrogen-bond acceptors (Lipinski definition) is 3. The van der Waals surface area contributed by atoms with Gasteiger partial charge in [0, 0.05) is 16.6 Å². The predicted molar refractivity (Wildman–Crippen MR) is 92.0 cm³/mol. The first-order valence-corrected chi connectivity index (χ1v) is 8.96. The number of halogens is 2. The lowest BCUT2D eigenvalue weighted by atomic mass is 9.94. The summed E-state index contributed by atoms with van der Waals surface area (Å²) in [4.78, 5) is 1.50. The highest BCUT2D eigenvalue weighted by Gasteiger charge is 2.22. The molecule has 0 amide bonds. The quantitative estimate of drug-likeness (QED) is 0.685. The minimum absolute atomic E-state index is 0.396. The molecule has 0 radical (unpaired) electrons. The van der Waals surface area contributed by atoms with Crippen LogP contribution in [0.15, 0.2) is 32.5 Å². The van der Waals surface area contributed by atoms with Gasteiger partial charge in [-0.3, -0.25) is 0 Å². The van der Waals surface area contributed by atoms with Crippen LogP contribution in [0, 0.1) is 0 Å². The number of ether oxygens (including phenoxy) is 1. The Hall–Kier alpha value is -0.520. The monoisotopic (exact) mass is 415 g/mol. The molecule has 1 N–H and O–H groups in total. The average Bonchev–Trinajstić information content (AvgIpc) is 2.82. The Morgan fingerprint density at radius 1 is 1.30 bits per heavy atom. The van der Waals surface area contributed by atoms with Crippen LogP contribution in [0.3, 0.4) is 0 Å². The second-order valence-electron chi connectivity index (χ2n) is 4.87. The molecule has 2 nitrogen and oxygen atoms in total. The number of fused-ring (bicyclic) bond motifs is 1. The molecule has 5 heteroatoms. The van der Waals surface area contributed by atoms with Gasteiger partial charge in [-0.15, -0.1) is 11.3 Å². The number of aryl methyl sites for hydroxylation is 1. The molecular weight excluding hydrogens is 402 g/mol. The van der Waals surface area contributed by atoms with Crippen LogP contribution in [0.25, 0.3) is 0 Å². The fourth-order valence-electron chi connectivity index (χ4n) is 2.62. The largest absolute Gasteiger partial charge is 0.495 e. The van der Waals surface area contributed by atoms with E-state index in [1.807, 2.05) is 23.5 Å². The minimum atomic E-state index is 0.396. The van der Waals surface area contributed by atoms with E-state index in [9.17, 15) is 0 Å². The maximum atomic E-state index is 5.36. The predicted octanol–water partition coefficient (Wildman–Crippen LogP) is 5.77. The number of methoxy groups -OCH3 is 1. The molecule has 1 aliphatic carbocycles. The van der Waals surface area contributed by atoms with Crippen LogP contribution < -0.4 is 10.1 Å². The van der Waals surface area contributed by atoms with Gasteiger partial charge in [-0.1, -0.05) is 0 Å². The molecule has 2 aromatic rings. The van der Waals surface area contributed by atoms with Gasteiger partial charge in [0.2, 0.25) is 0 Å². The van der Waals surface area contributed by atoms with E-state index in [0.717, 1.165) is 15.9 Å². The Morgan fingerprint density at radius 2 is 2.15 bits per heavy atom. The summed E-state index contributed by atoms with van der Waals surface area (Å²) < 4.78 is 7.56. The maximum absolute atomic E-state index is 5.36. The van der Waals surface area contributed by atoms with E-state index >= 15 is 0 Å². The molecule has 0 aliphatic heterocycles. The van der Waals surface area contributed by atoms with E-state index < -0.39 is 0 Å². The fourth-order valence-corrected chi connectivity index (χ4v) is 4.85. The maximum Gasteiger partial charge on any atom is 0.135 e. The Kier molecular flexibility index (Phi) is 4.38. The highest BCUT2D eigenvalue weighted by molar-refractivity contribution is 9.11. The van der Waals surface area contributed by atoms with Crippen molar-refractivity contribution in [3.63, 3.8) is 0 Å². The van der Waals surface area contributed by atoms with Crippen molar-refractivity contribution in [1.82, 2.24) is 0 Å². The van der Waals surface area contributed by atoms with Crippen LogP contribution in [-0.4, -0.2) is 7.11 Å². The lowest BCUT2D eigenvalue weighted by Crippen LogP contribution is -2.15. The number of anilines is 1. The van der Waals surface area contributed by atoms with Crippen molar-refractivity contribution in [2.75, 3.05) is 12.4 Å². The summed E-state index contributed by atoms with van der Waals surface area (Å²) in [5, 5.41) is 3.64. The van der Waals surface area contributed by atoms with E-state index in [4.69, 9.17) is 4.74 Å². The number of thiophene rings is 1. The summed E-state index contributed by atoms with van der Waals surface area (Å²) in [5.41, 5.74) is 2.54. The van der Waals surface area contributed by atoms with Crippen molar-refractivity contribution in [2.45, 2.75) is 25.3 Å². The SMILES string of the molecule is COc1cc(NC2CCCc3sc(Br)cc32)ccc1Br. The van der Waals surface area contributed by atoms with Crippen LogP contribution in [0.1, 0.15) is 29.3 Å². The molecule has 1 atom stereocenters. The van der Waals surface area contributed by atoms with Gasteiger partial charge in [0.1, 0.15) is 5.75 Å². The highest BCUT2D eigenvalue weighted by Crippen LogP contribution is 2.40. The molecule has 0 bridgehead atoms. The third-order valence-corrected chi connectivity index (χ3v) is 5.94. The van der Waals surface area contributed by atoms with E-state index in [1.165, 1.54) is 33.5 Å². The van der Waals surface area contributed by atoms with Crippen molar-refractivity contribution < 1.29 is 4.74 Å². The van der Waals surface area contributed by atoms with Gasteiger partial charge >= 0.3 is 0 Å². The van der Waals surface area contributed by atoms with Gasteiger partial charge in [0.05, 0.1) is 21.4 Å². The molecule has 1 unspecified atom stereocenters. The first-order chi connectivity index (χ1) is 9.67. The Bertz CT molecular complexity index is 626. The standard InChI is InChI=1S/C15H15Br2NOS/c1-19-13-7-9(5-6-11(13)16)18-12-3-2-4-14-10(12)8-15(17)20-14/h5-8,12,18H,2-4H2,1H3. The molecule has 20 heavy (non-hydrogen) atoms. The third-order valence-electron chi connectivity index (χ3n) is 3.58. The zero-order valence-corrected chi connectivity index (χ0v) is 15.1. The molecule has 106 valence electrons. The molecular formula is C15H15Br2NOS. The van der Waals surface area contributed by atoms with Gasteiger partial charge in [-0.2, -0.15) is 0 Å². The Labute approximate surface area is 139 Å². The number of rotatable bonds is 3. The van der Waals surface area contributed by atoms with Crippen LogP contribution in [0.2, 0.25) is 0 Å². The summed E-state index contributed by atoms with van der Waals surface area (Å²) in [5.74, 6) is 0.859. The lowest BCUT2D eigenvalue weighted by Gasteiger charge is -2.25. The lowest BCUT2D eigenvalue weighted by molar-refractivity contribution is 0.412. The third kappa shape index (κ3) is 2.90. The van der Waals surface area contributed by atoms with E-state index in [0.29, 0.717) is 6.04 Å². The summed E-state index contributed by atoms with van der Waals surface area (Å²) >= 11 is 8.95. The van der Waals surface area contributed by atoms with Gasteiger partial charge in [0.15, 0.2) is 0 Å². The summed E-state index contributed by atoms with van der Waals surface area (Å²) in [6.07, 6.45) is 3.62. The molecule has 1 aromatic heterocycles. The smallest absolute Gasteiger partial charge is 0.135 e. The van der Waals surface area contributed by atoms with Crippen molar-refractivity contribution in [1.29, 1.82) is 0 Å². The summed E-state index contributed by atoms with van der Waals surface area (Å²) in [6.45, 7) is 0. The first kappa shape index (κ1) is 14.4. The molecule has 0 spiro atoms. The van der Waals surface area contributed by atoms with Crippen LogP contribution in [0.5, 0.6) is 5.75 Å². The van der Waals surface area contributed by atoms with E-state index in [-0.39, 0.29) is 0 Å². The zero-order chi connectivity index (χ0) is 14.1. The van der Waals surface area contributed by atoms with Gasteiger partial charge in [0.25, 0.3) is 0 Å². The van der Waals surface area contributed by atoms with Gasteiger partial charge in [-0.25, -0.2) is 0 Å². The summed E-state index contributed by atoms with van der Waals surface area (Å²) in [7, 11) is 1.69. The van der Waals surface area contributed by atoms with Crippen molar-refractivity contribution in [3.05, 3.63) is 43.0 Å². The van der Waals surface area contributed by atoms with Crippen molar-refractivity contribution >= 4 is 48.9 Å². The topological polar surface area (TPSA) is 21.3 Å². The summed E-state index contributed by atoms with van der Waals surface area (Å²) in [6, 6.07) is 8.80. The molecule has 3 rings (SSSR count). The van der Waals surface area contributed by atoms with E-state index in [1.54, 1.807) is 7.11 Å². The second kappa shape index (κ2) is 6.08. The van der Waals surface area contributed by atoms with Crippen LogP contribution in [0.4, 0.5) is 5.69 Å². The number of nitrogens with one attached hydrogen (secondary N) is 1. The minimum Gasteiger partial charge on any atom is -0.495 e. The molecule has 0 saturated heterocycles. The second-order valence-corrected chi connectivity index (χ2v) is 8.24. The number of benzene rings is 1. The van der Waals surface area contributed by atoms with Gasteiger partial charge < -0.3 is 10.1 Å². The zero-order valence-electron chi connectivity index (χ0n) is 11.1. The average molecular weight is 417 g/mol. The Morgan fingerprint density at radius 3 is 2.95 bits per heavy atom. The van der Waals surface area contributed by atoms with Crippen molar-refractivity contribution in [3.8, 4) is 5.75 Å². The molecule has 1 aromatic carbocycles. The molecule has 1 aliphatic rings. The fraction of sp³-hybridized carbons (Fsp3) is 0.333. The van der Waals surface area contributed by atoms with Crippen LogP contribution in [-0.2, 0) is 6.42 Å². The van der Waals surface area contributed by atoms with Gasteiger partial charge in [-0.05, 0) is 74.9 Å². The normalized spacial score (nSPS) is 17.6. The first-order valence-electron chi connectivity index (χ1n) is 6.55. The molecule has 1 heterocycles. The van der Waals surface area contributed by atoms with Crippen molar-refractivity contribution in [2.24, 2.45) is 0 Å². The van der Waals surface area contributed by atoms with E-state index in [2.05, 4.69) is 49.3 Å².